The number of ether oxygens (including phenoxy) is 2. The van der Waals surface area contributed by atoms with Crippen molar-refractivity contribution in [1.82, 2.24) is 0 Å². The molecule has 0 saturated heterocycles. The first-order chi connectivity index (χ1) is 21.1. The van der Waals surface area contributed by atoms with E-state index < -0.39 is 0 Å². The highest BCUT2D eigenvalue weighted by atomic mass is 16.5. The lowest BCUT2D eigenvalue weighted by atomic mass is 10.1. The molecule has 3 nitrogen and oxygen atoms in total. The summed E-state index contributed by atoms with van der Waals surface area (Å²) in [6.07, 6.45) is 0. The van der Waals surface area contributed by atoms with Crippen molar-refractivity contribution in [2.75, 3.05) is 14.2 Å². The van der Waals surface area contributed by atoms with Crippen molar-refractivity contribution in [2.45, 2.75) is 77.2 Å². The van der Waals surface area contributed by atoms with Gasteiger partial charge in [0.05, 0.1) is 14.2 Å². The molecule has 0 unspecified atom stereocenters. The third-order valence-electron chi connectivity index (χ3n) is 4.80. The van der Waals surface area contributed by atoms with Crippen molar-refractivity contribution < 1.29 is 14.3 Å². The Morgan fingerprint density at radius 3 is 0.800 bits per heavy atom. The maximum absolute atomic E-state index is 10.6. The summed E-state index contributed by atoms with van der Waals surface area (Å²) in [4.78, 5) is 10.6. The minimum absolute atomic E-state index is 0. The van der Waals surface area contributed by atoms with Crippen LogP contribution in [0.1, 0.15) is 87.5 Å². The second-order valence-electron chi connectivity index (χ2n) is 7.30. The van der Waals surface area contributed by atoms with Crippen molar-refractivity contribution in [3.8, 4) is 11.5 Å². The van der Waals surface area contributed by atoms with Crippen molar-refractivity contribution in [3.05, 3.63) is 145 Å². The van der Waals surface area contributed by atoms with Crippen LogP contribution in [0.3, 0.4) is 0 Å². The lowest BCUT2D eigenvalue weighted by molar-refractivity contribution is 0.101. The van der Waals surface area contributed by atoms with Gasteiger partial charge in [-0.1, -0.05) is 186 Å². The largest absolute Gasteiger partial charge is 0.497 e. The zero-order chi connectivity index (χ0) is 33.1. The molecule has 0 fully saturated rings. The van der Waals surface area contributed by atoms with E-state index in [0.29, 0.717) is 0 Å². The molecule has 0 atom stereocenters. The Hall–Kier alpha value is -4.37. The summed E-state index contributed by atoms with van der Waals surface area (Å²) in [5, 5.41) is 2.62. The number of benzene rings is 5. The average Bonchev–Trinajstić information content (AvgIpc) is 3.13. The summed E-state index contributed by atoms with van der Waals surface area (Å²) >= 11 is 0. The number of fused-ring (bicyclic) bond motifs is 1. The molecule has 0 saturated carbocycles. The number of rotatable bonds is 3. The van der Waals surface area contributed by atoms with Gasteiger partial charge >= 0.3 is 0 Å². The number of para-hydroxylation sites is 2. The molecule has 250 valence electrons. The van der Waals surface area contributed by atoms with E-state index in [-0.39, 0.29) is 20.6 Å². The standard InChI is InChI=1S/C10H8.C8H8O.2C7H8O.4C2H6.2CH4/c1-2-6-10-8-4-3-7-9(10)5-1;1-7(9)8-5-3-2-4-6-8;2*1-8-7-5-3-2-4-6-7;4*1-2;;/h1-8H;2-6H,1H3;2*2-6H,1H3;4*1-2H3;2*1H4. The number of methoxy groups -OCH3 is 2. The molecule has 0 N–H and O–H groups in total. The zero-order valence-electron chi connectivity index (χ0n) is 28.5. The van der Waals surface area contributed by atoms with Gasteiger partial charge in [-0.05, 0) is 42.0 Å². The number of carbonyl (C=O) groups excluding carboxylic acids is 1. The van der Waals surface area contributed by atoms with Crippen LogP contribution in [0, 0.1) is 0 Å². The van der Waals surface area contributed by atoms with E-state index in [4.69, 9.17) is 9.47 Å². The predicted octanol–water partition coefficient (Wildman–Crippen LogP) is 13.5. The summed E-state index contributed by atoms with van der Waals surface area (Å²) in [7, 11) is 3.32. The second kappa shape index (κ2) is 39.6. The lowest BCUT2D eigenvalue weighted by Crippen LogP contribution is -1.88. The molecule has 0 radical (unpaired) electrons. The fourth-order valence-electron chi connectivity index (χ4n) is 2.92. The van der Waals surface area contributed by atoms with Gasteiger partial charge in [0.1, 0.15) is 11.5 Å². The van der Waals surface area contributed by atoms with E-state index in [1.54, 1.807) is 21.1 Å². The topological polar surface area (TPSA) is 35.5 Å². The van der Waals surface area contributed by atoms with Gasteiger partial charge in [-0.2, -0.15) is 0 Å². The van der Waals surface area contributed by atoms with E-state index >= 15 is 0 Å². The second-order valence-corrected chi connectivity index (χ2v) is 7.30. The molecular weight excluding hydrogens is 552 g/mol. The number of Topliss-reactive ketones (excluding diaryl/α,β-unsaturated/α-hetero) is 1. The van der Waals surface area contributed by atoms with Crippen LogP contribution in [0.4, 0.5) is 0 Å². The minimum atomic E-state index is 0. The maximum Gasteiger partial charge on any atom is 0.159 e. The quantitative estimate of drug-likeness (QED) is 0.189. The summed E-state index contributed by atoms with van der Waals surface area (Å²) in [5.41, 5.74) is 0.775. The molecule has 0 spiro atoms. The molecule has 3 heteroatoms. The fourth-order valence-corrected chi connectivity index (χ4v) is 2.92. The average molecular weight is 617 g/mol. The van der Waals surface area contributed by atoms with Crippen LogP contribution in [0.25, 0.3) is 10.8 Å². The number of ketones is 1. The summed E-state index contributed by atoms with van der Waals surface area (Å²) < 4.78 is 9.83. The Morgan fingerprint density at radius 1 is 0.400 bits per heavy atom. The molecule has 0 heterocycles. The Labute approximate surface area is 278 Å². The normalized spacial score (nSPS) is 7.62. The third kappa shape index (κ3) is 27.0. The van der Waals surface area contributed by atoms with E-state index in [1.165, 1.54) is 10.8 Å². The third-order valence-corrected chi connectivity index (χ3v) is 4.80. The van der Waals surface area contributed by atoms with Gasteiger partial charge in [-0.25, -0.2) is 0 Å². The van der Waals surface area contributed by atoms with Crippen LogP contribution in [-0.4, -0.2) is 20.0 Å². The minimum Gasteiger partial charge on any atom is -0.497 e. The Balaban J connectivity index is -0.000000145. The van der Waals surface area contributed by atoms with E-state index in [1.807, 2.05) is 146 Å². The molecule has 45 heavy (non-hydrogen) atoms. The molecule has 0 bridgehead atoms. The van der Waals surface area contributed by atoms with E-state index in [9.17, 15) is 4.79 Å². The maximum atomic E-state index is 10.6. The van der Waals surface area contributed by atoms with Gasteiger partial charge < -0.3 is 9.47 Å². The van der Waals surface area contributed by atoms with Gasteiger partial charge in [0.25, 0.3) is 0 Å². The van der Waals surface area contributed by atoms with Crippen LogP contribution in [-0.2, 0) is 0 Å². The van der Waals surface area contributed by atoms with Gasteiger partial charge in [0.15, 0.2) is 5.78 Å². The lowest BCUT2D eigenvalue weighted by Gasteiger charge is -1.93. The van der Waals surface area contributed by atoms with Crippen LogP contribution in [0.5, 0.6) is 11.5 Å². The predicted molar refractivity (Wildman–Crippen MR) is 205 cm³/mol. The first-order valence-corrected chi connectivity index (χ1v) is 15.3. The van der Waals surface area contributed by atoms with Crippen LogP contribution >= 0.6 is 0 Å². The van der Waals surface area contributed by atoms with Gasteiger partial charge in [-0.15, -0.1) is 0 Å². The molecule has 5 rings (SSSR count). The molecule has 0 aliphatic heterocycles. The van der Waals surface area contributed by atoms with Crippen molar-refractivity contribution in [1.29, 1.82) is 0 Å². The number of hydrogen-bond donors (Lipinski definition) is 0. The molecule has 5 aromatic rings. The molecule has 0 aromatic heterocycles. The number of hydrogen-bond acceptors (Lipinski definition) is 3. The Bertz CT molecular complexity index is 1120. The first-order valence-electron chi connectivity index (χ1n) is 15.3. The molecule has 0 aliphatic carbocycles. The Morgan fingerprint density at radius 2 is 0.622 bits per heavy atom. The van der Waals surface area contributed by atoms with Crippen LogP contribution < -0.4 is 9.47 Å². The molecular formula is C42H64O3. The zero-order valence-corrected chi connectivity index (χ0v) is 28.5. The Kier molecular flexibility index (Phi) is 44.3. The van der Waals surface area contributed by atoms with Crippen LogP contribution in [0.15, 0.2) is 140 Å². The molecule has 0 amide bonds. The number of carbonyl (C=O) groups is 1. The van der Waals surface area contributed by atoms with Crippen molar-refractivity contribution in [2.24, 2.45) is 0 Å². The highest BCUT2D eigenvalue weighted by Crippen LogP contribution is 2.11. The van der Waals surface area contributed by atoms with Gasteiger partial charge in [-0.3, -0.25) is 4.79 Å². The smallest absolute Gasteiger partial charge is 0.159 e. The van der Waals surface area contributed by atoms with Gasteiger partial charge in [0, 0.05) is 5.56 Å². The summed E-state index contributed by atoms with van der Waals surface area (Å²) in [5.74, 6) is 1.94. The van der Waals surface area contributed by atoms with Crippen LogP contribution in [0.2, 0.25) is 0 Å². The first kappa shape index (κ1) is 50.3. The highest BCUT2D eigenvalue weighted by molar-refractivity contribution is 5.93. The molecule has 5 aromatic carbocycles. The highest BCUT2D eigenvalue weighted by Gasteiger charge is 1.92. The SMILES string of the molecule is C.C.CC.CC.CC.CC.CC(=O)c1ccccc1.COc1ccccc1.COc1ccccc1.c1ccc2ccccc2c1. The van der Waals surface area contributed by atoms with Crippen molar-refractivity contribution >= 4 is 16.6 Å². The van der Waals surface area contributed by atoms with Gasteiger partial charge in [0.2, 0.25) is 0 Å². The summed E-state index contributed by atoms with van der Waals surface area (Å²) in [6, 6.07) is 45.3. The van der Waals surface area contributed by atoms with E-state index in [0.717, 1.165) is 17.1 Å². The fraction of sp³-hybridized carbons (Fsp3) is 0.310. The van der Waals surface area contributed by atoms with E-state index in [2.05, 4.69) is 48.5 Å². The summed E-state index contributed by atoms with van der Waals surface area (Å²) in [6.45, 7) is 17.6. The monoisotopic (exact) mass is 616 g/mol. The molecule has 0 aliphatic rings. The van der Waals surface area contributed by atoms with Crippen molar-refractivity contribution in [3.63, 3.8) is 0 Å².